The zero-order valence-electron chi connectivity index (χ0n) is 10.1. The molecule has 86 valence electrons. The number of aryl methyl sites for hydroxylation is 1. The number of hydrogen-bond donors (Lipinski definition) is 0. The third-order valence-electron chi connectivity index (χ3n) is 3.59. The molecule has 0 fully saturated rings. The van der Waals surface area contributed by atoms with Crippen LogP contribution in [0.3, 0.4) is 0 Å². The van der Waals surface area contributed by atoms with Crippen molar-refractivity contribution in [3.63, 3.8) is 0 Å². The first-order valence-electron chi connectivity index (χ1n) is 6.14. The van der Waals surface area contributed by atoms with Gasteiger partial charge >= 0.3 is 0 Å². The lowest BCUT2D eigenvalue weighted by Gasteiger charge is -2.04. The van der Waals surface area contributed by atoms with Gasteiger partial charge in [0.25, 0.3) is 0 Å². The van der Waals surface area contributed by atoms with Gasteiger partial charge in [-0.1, -0.05) is 42.5 Å². The maximum absolute atomic E-state index is 2.25. The van der Waals surface area contributed by atoms with Gasteiger partial charge in [-0.3, -0.25) is 0 Å². The summed E-state index contributed by atoms with van der Waals surface area (Å²) in [5, 5.41) is 5.56. The third kappa shape index (κ3) is 1.25. The molecule has 18 heavy (non-hydrogen) atoms. The SMILES string of the molecule is Cc1cccc2ccc3sc4ccccc4c3c12. The second kappa shape index (κ2) is 3.56. The Morgan fingerprint density at radius 2 is 1.61 bits per heavy atom. The Hall–Kier alpha value is -1.86. The minimum Gasteiger partial charge on any atom is -0.135 e. The van der Waals surface area contributed by atoms with Gasteiger partial charge in [-0.05, 0) is 35.4 Å². The second-order valence-corrected chi connectivity index (χ2v) is 5.79. The maximum Gasteiger partial charge on any atom is 0.0361 e. The van der Waals surface area contributed by atoms with E-state index in [-0.39, 0.29) is 0 Å². The number of rotatable bonds is 0. The lowest BCUT2D eigenvalue weighted by atomic mass is 10.00. The Kier molecular flexibility index (Phi) is 2.00. The molecule has 0 spiro atoms. The summed E-state index contributed by atoms with van der Waals surface area (Å²) in [5.41, 5.74) is 1.36. The summed E-state index contributed by atoms with van der Waals surface area (Å²) in [6.45, 7) is 2.20. The van der Waals surface area contributed by atoms with Gasteiger partial charge in [0.15, 0.2) is 0 Å². The van der Waals surface area contributed by atoms with E-state index in [2.05, 4.69) is 61.5 Å². The van der Waals surface area contributed by atoms with Crippen LogP contribution >= 0.6 is 11.3 Å². The highest BCUT2D eigenvalue weighted by molar-refractivity contribution is 7.26. The average Bonchev–Trinajstić information content (AvgIpc) is 2.77. The van der Waals surface area contributed by atoms with Crippen LogP contribution in [0.15, 0.2) is 54.6 Å². The van der Waals surface area contributed by atoms with Gasteiger partial charge in [-0.15, -0.1) is 11.3 Å². The molecule has 0 saturated carbocycles. The first-order valence-corrected chi connectivity index (χ1v) is 6.96. The predicted molar refractivity (Wildman–Crippen MR) is 81.6 cm³/mol. The Labute approximate surface area is 109 Å². The molecule has 0 atom stereocenters. The summed E-state index contributed by atoms with van der Waals surface area (Å²) in [5.74, 6) is 0. The van der Waals surface area contributed by atoms with Crippen molar-refractivity contribution in [2.45, 2.75) is 6.92 Å². The summed E-state index contributed by atoms with van der Waals surface area (Å²) in [6, 6.07) is 19.7. The fourth-order valence-electron chi connectivity index (χ4n) is 2.78. The quantitative estimate of drug-likeness (QED) is 0.384. The van der Waals surface area contributed by atoms with Gasteiger partial charge in [-0.25, -0.2) is 0 Å². The standard InChI is InChI=1S/C17H12S/c1-11-5-4-6-12-9-10-15-17(16(11)12)13-7-2-3-8-14(13)18-15/h2-10H,1H3. The van der Waals surface area contributed by atoms with Crippen molar-refractivity contribution in [3.05, 3.63) is 60.2 Å². The van der Waals surface area contributed by atoms with Gasteiger partial charge < -0.3 is 0 Å². The average molecular weight is 248 g/mol. The van der Waals surface area contributed by atoms with Crippen LogP contribution in [0.1, 0.15) is 5.56 Å². The molecule has 0 bridgehead atoms. The van der Waals surface area contributed by atoms with Gasteiger partial charge in [-0.2, -0.15) is 0 Å². The predicted octanol–water partition coefficient (Wildman–Crippen LogP) is 5.52. The molecule has 3 aromatic carbocycles. The Bertz CT molecular complexity index is 884. The molecule has 4 rings (SSSR count). The molecule has 0 aliphatic carbocycles. The molecule has 0 aliphatic rings. The third-order valence-corrected chi connectivity index (χ3v) is 4.73. The normalized spacial score (nSPS) is 11.6. The number of fused-ring (bicyclic) bond motifs is 5. The molecule has 0 nitrogen and oxygen atoms in total. The summed E-state index contributed by atoms with van der Waals surface area (Å²) >= 11 is 1.89. The van der Waals surface area contributed by atoms with Crippen LogP contribution < -0.4 is 0 Å². The fraction of sp³-hybridized carbons (Fsp3) is 0.0588. The molecule has 4 aromatic rings. The van der Waals surface area contributed by atoms with Crippen LogP contribution in [0, 0.1) is 6.92 Å². The Morgan fingerprint density at radius 1 is 0.722 bits per heavy atom. The van der Waals surface area contributed by atoms with E-state index in [1.54, 1.807) is 0 Å². The highest BCUT2D eigenvalue weighted by Gasteiger charge is 2.09. The maximum atomic E-state index is 2.25. The van der Waals surface area contributed by atoms with E-state index in [1.165, 1.54) is 36.5 Å². The van der Waals surface area contributed by atoms with Crippen LogP contribution in [0.25, 0.3) is 30.9 Å². The topological polar surface area (TPSA) is 0 Å². The molecular formula is C17H12S. The van der Waals surface area contributed by atoms with E-state index in [0.29, 0.717) is 0 Å². The minimum atomic E-state index is 1.34. The molecular weight excluding hydrogens is 236 g/mol. The van der Waals surface area contributed by atoms with Gasteiger partial charge in [0.2, 0.25) is 0 Å². The summed E-state index contributed by atoms with van der Waals surface area (Å²) in [4.78, 5) is 0. The highest BCUT2D eigenvalue weighted by Crippen LogP contribution is 2.39. The molecule has 0 saturated heterocycles. The van der Waals surface area contributed by atoms with Crippen LogP contribution in [-0.2, 0) is 0 Å². The monoisotopic (exact) mass is 248 g/mol. The van der Waals surface area contributed by atoms with Crippen molar-refractivity contribution >= 4 is 42.3 Å². The van der Waals surface area contributed by atoms with Crippen molar-refractivity contribution in [1.29, 1.82) is 0 Å². The first kappa shape index (κ1) is 10.1. The molecule has 0 unspecified atom stereocenters. The van der Waals surface area contributed by atoms with E-state index in [4.69, 9.17) is 0 Å². The van der Waals surface area contributed by atoms with Crippen LogP contribution in [-0.4, -0.2) is 0 Å². The van der Waals surface area contributed by atoms with Gasteiger partial charge in [0.1, 0.15) is 0 Å². The van der Waals surface area contributed by atoms with Crippen molar-refractivity contribution < 1.29 is 0 Å². The van der Waals surface area contributed by atoms with Gasteiger partial charge in [0, 0.05) is 20.2 Å². The van der Waals surface area contributed by atoms with Crippen molar-refractivity contribution in [2.75, 3.05) is 0 Å². The zero-order chi connectivity index (χ0) is 12.1. The number of benzene rings is 3. The second-order valence-electron chi connectivity index (χ2n) is 4.71. The van der Waals surface area contributed by atoms with Crippen molar-refractivity contribution in [1.82, 2.24) is 0 Å². The van der Waals surface area contributed by atoms with E-state index >= 15 is 0 Å². The molecule has 1 heteroatoms. The van der Waals surface area contributed by atoms with Crippen LogP contribution in [0.5, 0.6) is 0 Å². The molecule has 0 aliphatic heterocycles. The van der Waals surface area contributed by atoms with E-state index in [9.17, 15) is 0 Å². The van der Waals surface area contributed by atoms with Crippen molar-refractivity contribution in [3.8, 4) is 0 Å². The molecule has 0 amide bonds. The van der Waals surface area contributed by atoms with E-state index in [1.807, 2.05) is 11.3 Å². The fourth-order valence-corrected chi connectivity index (χ4v) is 3.89. The summed E-state index contributed by atoms with van der Waals surface area (Å²) in [6.07, 6.45) is 0. The largest absolute Gasteiger partial charge is 0.135 e. The number of hydrogen-bond acceptors (Lipinski definition) is 1. The van der Waals surface area contributed by atoms with E-state index in [0.717, 1.165) is 0 Å². The highest BCUT2D eigenvalue weighted by atomic mass is 32.1. The zero-order valence-corrected chi connectivity index (χ0v) is 10.9. The Morgan fingerprint density at radius 3 is 2.56 bits per heavy atom. The Balaban J connectivity index is 2.40. The molecule has 0 N–H and O–H groups in total. The first-order chi connectivity index (χ1) is 8.84. The number of thiophene rings is 1. The van der Waals surface area contributed by atoms with Crippen LogP contribution in [0.4, 0.5) is 0 Å². The smallest absolute Gasteiger partial charge is 0.0361 e. The lowest BCUT2D eigenvalue weighted by molar-refractivity contribution is 1.55. The van der Waals surface area contributed by atoms with Gasteiger partial charge in [0.05, 0.1) is 0 Å². The van der Waals surface area contributed by atoms with Crippen molar-refractivity contribution in [2.24, 2.45) is 0 Å². The lowest BCUT2D eigenvalue weighted by Crippen LogP contribution is -1.79. The molecule has 1 aromatic heterocycles. The summed E-state index contributed by atoms with van der Waals surface area (Å²) < 4.78 is 2.77. The van der Waals surface area contributed by atoms with Crippen LogP contribution in [0.2, 0.25) is 0 Å². The minimum absolute atomic E-state index is 1.34. The summed E-state index contributed by atoms with van der Waals surface area (Å²) in [7, 11) is 0. The van der Waals surface area contributed by atoms with E-state index < -0.39 is 0 Å². The molecule has 1 heterocycles. The molecule has 0 radical (unpaired) electrons.